The molecule has 1 aromatic heterocycles. The van der Waals surface area contributed by atoms with E-state index in [1.807, 2.05) is 30.3 Å². The molecule has 0 bridgehead atoms. The first-order chi connectivity index (χ1) is 10.7. The van der Waals surface area contributed by atoms with Crippen molar-refractivity contribution in [2.75, 3.05) is 0 Å². The summed E-state index contributed by atoms with van der Waals surface area (Å²) in [5.74, 6) is -0.216. The average Bonchev–Trinajstić information content (AvgIpc) is 3.04. The standard InChI is InChI=1S/C17H13FN2O2/c18-14-8-6-12(7-9-14)10-19-17(21)15-16(22-11-20-15)13-4-2-1-3-5-13/h1-9,11H,10H2,(H,19,21). The minimum absolute atomic E-state index is 0.230. The lowest BCUT2D eigenvalue weighted by atomic mass is 10.1. The fourth-order valence-corrected chi connectivity index (χ4v) is 2.07. The highest BCUT2D eigenvalue weighted by Crippen LogP contribution is 2.22. The van der Waals surface area contributed by atoms with E-state index in [4.69, 9.17) is 4.42 Å². The molecule has 1 heterocycles. The predicted octanol–water partition coefficient (Wildman–Crippen LogP) is 3.41. The van der Waals surface area contributed by atoms with E-state index in [2.05, 4.69) is 10.3 Å². The van der Waals surface area contributed by atoms with Gasteiger partial charge >= 0.3 is 0 Å². The van der Waals surface area contributed by atoms with Crippen LogP contribution in [0.15, 0.2) is 65.4 Å². The van der Waals surface area contributed by atoms with Crippen LogP contribution in [0.3, 0.4) is 0 Å². The van der Waals surface area contributed by atoms with Crippen LogP contribution in [-0.2, 0) is 6.54 Å². The summed E-state index contributed by atoms with van der Waals surface area (Å²) in [6.07, 6.45) is 1.25. The number of aromatic nitrogens is 1. The normalized spacial score (nSPS) is 10.4. The quantitative estimate of drug-likeness (QED) is 0.802. The van der Waals surface area contributed by atoms with Crippen LogP contribution in [-0.4, -0.2) is 10.9 Å². The molecule has 3 rings (SSSR count). The third-order valence-electron chi connectivity index (χ3n) is 3.18. The van der Waals surface area contributed by atoms with Crippen molar-refractivity contribution in [2.24, 2.45) is 0 Å². The van der Waals surface area contributed by atoms with Crippen molar-refractivity contribution in [2.45, 2.75) is 6.54 Å². The Kier molecular flexibility index (Phi) is 3.96. The summed E-state index contributed by atoms with van der Waals surface area (Å²) >= 11 is 0. The van der Waals surface area contributed by atoms with Crippen LogP contribution in [0.4, 0.5) is 4.39 Å². The van der Waals surface area contributed by atoms with Crippen molar-refractivity contribution < 1.29 is 13.6 Å². The average molecular weight is 296 g/mol. The first kappa shape index (κ1) is 14.0. The van der Waals surface area contributed by atoms with Gasteiger partial charge in [-0.1, -0.05) is 42.5 Å². The molecule has 0 atom stereocenters. The summed E-state index contributed by atoms with van der Waals surface area (Å²) in [7, 11) is 0. The molecule has 1 N–H and O–H groups in total. The van der Waals surface area contributed by atoms with Crippen molar-refractivity contribution in [3.8, 4) is 11.3 Å². The van der Waals surface area contributed by atoms with Crippen molar-refractivity contribution >= 4 is 5.91 Å². The minimum atomic E-state index is -0.336. The van der Waals surface area contributed by atoms with Crippen molar-refractivity contribution in [1.82, 2.24) is 10.3 Å². The molecule has 0 saturated carbocycles. The van der Waals surface area contributed by atoms with Gasteiger partial charge in [-0.3, -0.25) is 4.79 Å². The van der Waals surface area contributed by atoms with Gasteiger partial charge in [-0.05, 0) is 17.7 Å². The molecule has 0 fully saturated rings. The van der Waals surface area contributed by atoms with Crippen LogP contribution in [0.5, 0.6) is 0 Å². The number of rotatable bonds is 4. The molecule has 0 saturated heterocycles. The molecule has 22 heavy (non-hydrogen) atoms. The van der Waals surface area contributed by atoms with Crippen LogP contribution >= 0.6 is 0 Å². The third-order valence-corrected chi connectivity index (χ3v) is 3.18. The fourth-order valence-electron chi connectivity index (χ4n) is 2.07. The van der Waals surface area contributed by atoms with Crippen LogP contribution in [0.25, 0.3) is 11.3 Å². The number of oxazole rings is 1. The van der Waals surface area contributed by atoms with Gasteiger partial charge in [0.1, 0.15) is 5.82 Å². The zero-order chi connectivity index (χ0) is 15.4. The molecule has 5 heteroatoms. The molecule has 0 aliphatic carbocycles. The number of nitrogens with zero attached hydrogens (tertiary/aromatic N) is 1. The van der Waals surface area contributed by atoms with Gasteiger partial charge in [-0.25, -0.2) is 9.37 Å². The van der Waals surface area contributed by atoms with E-state index in [9.17, 15) is 9.18 Å². The molecule has 0 radical (unpaired) electrons. The van der Waals surface area contributed by atoms with Crippen molar-refractivity contribution in [1.29, 1.82) is 0 Å². The van der Waals surface area contributed by atoms with E-state index in [-0.39, 0.29) is 17.4 Å². The van der Waals surface area contributed by atoms with E-state index < -0.39 is 0 Å². The second-order valence-corrected chi connectivity index (χ2v) is 4.71. The molecule has 4 nitrogen and oxygen atoms in total. The maximum absolute atomic E-state index is 12.8. The molecule has 110 valence electrons. The number of benzene rings is 2. The maximum atomic E-state index is 12.8. The highest BCUT2D eigenvalue weighted by Gasteiger charge is 2.17. The Balaban J connectivity index is 1.73. The molecule has 0 aliphatic heterocycles. The molecule has 2 aromatic carbocycles. The smallest absolute Gasteiger partial charge is 0.274 e. The summed E-state index contributed by atoms with van der Waals surface area (Å²) in [6, 6.07) is 15.2. The van der Waals surface area contributed by atoms with Gasteiger partial charge < -0.3 is 9.73 Å². The zero-order valence-electron chi connectivity index (χ0n) is 11.6. The summed E-state index contributed by atoms with van der Waals surface area (Å²) in [4.78, 5) is 16.2. The summed E-state index contributed by atoms with van der Waals surface area (Å²) in [5.41, 5.74) is 1.82. The van der Waals surface area contributed by atoms with Gasteiger partial charge in [0.2, 0.25) is 0 Å². The largest absolute Gasteiger partial charge is 0.443 e. The monoisotopic (exact) mass is 296 g/mol. The Morgan fingerprint density at radius 1 is 1.09 bits per heavy atom. The van der Waals surface area contributed by atoms with Gasteiger partial charge in [0.15, 0.2) is 17.8 Å². The summed E-state index contributed by atoms with van der Waals surface area (Å²) in [6.45, 7) is 0.292. The summed E-state index contributed by atoms with van der Waals surface area (Å²) in [5, 5.41) is 2.75. The molecule has 0 unspecified atom stereocenters. The fraction of sp³-hybridized carbons (Fsp3) is 0.0588. The van der Waals surface area contributed by atoms with E-state index in [0.717, 1.165) is 11.1 Å². The molecular weight excluding hydrogens is 283 g/mol. The molecule has 1 amide bonds. The van der Waals surface area contributed by atoms with E-state index in [1.165, 1.54) is 18.5 Å². The Bertz CT molecular complexity index is 767. The van der Waals surface area contributed by atoms with Gasteiger partial charge in [0.25, 0.3) is 5.91 Å². The van der Waals surface area contributed by atoms with E-state index >= 15 is 0 Å². The van der Waals surface area contributed by atoms with Crippen LogP contribution in [0.1, 0.15) is 16.1 Å². The lowest BCUT2D eigenvalue weighted by molar-refractivity contribution is 0.0947. The van der Waals surface area contributed by atoms with Crippen molar-refractivity contribution in [3.63, 3.8) is 0 Å². The van der Waals surface area contributed by atoms with Gasteiger partial charge in [0, 0.05) is 12.1 Å². The number of carbonyl (C=O) groups is 1. The minimum Gasteiger partial charge on any atom is -0.443 e. The lowest BCUT2D eigenvalue weighted by Crippen LogP contribution is -2.23. The van der Waals surface area contributed by atoms with Crippen LogP contribution in [0.2, 0.25) is 0 Å². The first-order valence-corrected chi connectivity index (χ1v) is 6.75. The molecule has 3 aromatic rings. The molecule has 0 aliphatic rings. The number of hydrogen-bond donors (Lipinski definition) is 1. The second-order valence-electron chi connectivity index (χ2n) is 4.71. The maximum Gasteiger partial charge on any atom is 0.274 e. The number of amides is 1. The Morgan fingerprint density at radius 2 is 1.82 bits per heavy atom. The topological polar surface area (TPSA) is 55.1 Å². The predicted molar refractivity (Wildman–Crippen MR) is 79.5 cm³/mol. The van der Waals surface area contributed by atoms with Crippen molar-refractivity contribution in [3.05, 3.63) is 78.1 Å². The van der Waals surface area contributed by atoms with E-state index in [1.54, 1.807) is 12.1 Å². The molecule has 0 spiro atoms. The van der Waals surface area contributed by atoms with Crippen LogP contribution < -0.4 is 5.32 Å². The zero-order valence-corrected chi connectivity index (χ0v) is 11.6. The molecular formula is C17H13FN2O2. The third kappa shape index (κ3) is 3.03. The number of halogens is 1. The van der Waals surface area contributed by atoms with Gasteiger partial charge in [0.05, 0.1) is 0 Å². The lowest BCUT2D eigenvalue weighted by Gasteiger charge is -2.05. The Labute approximate surface area is 126 Å². The Morgan fingerprint density at radius 3 is 2.55 bits per heavy atom. The highest BCUT2D eigenvalue weighted by atomic mass is 19.1. The second kappa shape index (κ2) is 6.22. The van der Waals surface area contributed by atoms with Gasteiger partial charge in [-0.15, -0.1) is 0 Å². The van der Waals surface area contributed by atoms with Gasteiger partial charge in [-0.2, -0.15) is 0 Å². The Hall–Kier alpha value is -2.95. The van der Waals surface area contributed by atoms with E-state index in [0.29, 0.717) is 12.3 Å². The SMILES string of the molecule is O=C(NCc1ccc(F)cc1)c1ncoc1-c1ccccc1. The van der Waals surface area contributed by atoms with Crippen LogP contribution in [0, 0.1) is 5.82 Å². The first-order valence-electron chi connectivity index (χ1n) is 6.75. The summed E-state index contributed by atoms with van der Waals surface area (Å²) < 4.78 is 18.2. The number of nitrogens with one attached hydrogen (secondary N) is 1. The number of hydrogen-bond acceptors (Lipinski definition) is 3. The highest BCUT2D eigenvalue weighted by molar-refractivity contribution is 5.97. The number of carbonyl (C=O) groups excluding carboxylic acids is 1.